The number of para-hydroxylation sites is 1. The van der Waals surface area contributed by atoms with Gasteiger partial charge in [0.1, 0.15) is 10.8 Å². The van der Waals surface area contributed by atoms with Gasteiger partial charge < -0.3 is 4.90 Å². The Balaban J connectivity index is 1.40. The van der Waals surface area contributed by atoms with Crippen molar-refractivity contribution in [2.45, 2.75) is 12.3 Å². The van der Waals surface area contributed by atoms with Crippen LogP contribution in [0.5, 0.6) is 0 Å². The van der Waals surface area contributed by atoms with E-state index >= 15 is 0 Å². The summed E-state index contributed by atoms with van der Waals surface area (Å²) in [5, 5.41) is 22.5. The largest absolute Gasteiger partial charge is 0.312 e. The Labute approximate surface area is 185 Å². The fourth-order valence-electron chi connectivity index (χ4n) is 3.30. The molecule has 1 saturated heterocycles. The minimum absolute atomic E-state index is 0.102. The molecule has 32 heavy (non-hydrogen) atoms. The van der Waals surface area contributed by atoms with E-state index in [-0.39, 0.29) is 34.9 Å². The number of halogens is 1. The Hall–Kier alpha value is -3.99. The molecule has 162 valence electrons. The van der Waals surface area contributed by atoms with Crippen LogP contribution in [0.4, 0.5) is 20.9 Å². The SMILES string of the molecule is O=C(/C=C/c1ccccc1[N+](=O)[O-])Nc1nnc(C2CC(=O)N(c3ccc(F)cc3)C2)s1. The number of nitrogens with one attached hydrogen (secondary N) is 1. The van der Waals surface area contributed by atoms with Gasteiger partial charge in [-0.25, -0.2) is 4.39 Å². The molecule has 2 heterocycles. The highest BCUT2D eigenvalue weighted by Crippen LogP contribution is 2.34. The third-order valence-electron chi connectivity index (χ3n) is 4.83. The van der Waals surface area contributed by atoms with Crippen LogP contribution in [0, 0.1) is 15.9 Å². The molecule has 0 spiro atoms. The van der Waals surface area contributed by atoms with Gasteiger partial charge in [0.05, 0.1) is 10.5 Å². The number of carbonyl (C=O) groups is 2. The van der Waals surface area contributed by atoms with Gasteiger partial charge in [-0.1, -0.05) is 23.5 Å². The van der Waals surface area contributed by atoms with Crippen LogP contribution in [0.25, 0.3) is 6.08 Å². The Kier molecular flexibility index (Phi) is 5.99. The van der Waals surface area contributed by atoms with Crippen molar-refractivity contribution in [3.63, 3.8) is 0 Å². The number of anilines is 2. The van der Waals surface area contributed by atoms with E-state index in [9.17, 15) is 24.1 Å². The topological polar surface area (TPSA) is 118 Å². The summed E-state index contributed by atoms with van der Waals surface area (Å²) in [7, 11) is 0. The second kappa shape index (κ2) is 9.02. The summed E-state index contributed by atoms with van der Waals surface area (Å²) in [6.45, 7) is 0.380. The van der Waals surface area contributed by atoms with E-state index in [1.165, 1.54) is 36.4 Å². The summed E-state index contributed by atoms with van der Waals surface area (Å²) in [4.78, 5) is 36.7. The molecule has 1 unspecified atom stereocenters. The molecule has 11 heteroatoms. The number of nitro groups is 1. The molecule has 9 nitrogen and oxygen atoms in total. The quantitative estimate of drug-likeness (QED) is 0.345. The number of benzene rings is 2. The molecule has 1 atom stereocenters. The Morgan fingerprint density at radius 3 is 2.72 bits per heavy atom. The minimum Gasteiger partial charge on any atom is -0.312 e. The number of hydrogen-bond donors (Lipinski definition) is 1. The third kappa shape index (κ3) is 4.67. The highest BCUT2D eigenvalue weighted by atomic mass is 32.1. The Morgan fingerprint density at radius 2 is 1.97 bits per heavy atom. The van der Waals surface area contributed by atoms with Crippen molar-refractivity contribution in [2.75, 3.05) is 16.8 Å². The number of rotatable bonds is 6. The molecular weight excluding hydrogens is 437 g/mol. The third-order valence-corrected chi connectivity index (χ3v) is 5.83. The zero-order valence-electron chi connectivity index (χ0n) is 16.5. The second-order valence-electron chi connectivity index (χ2n) is 6.97. The molecule has 1 aliphatic heterocycles. The molecule has 1 fully saturated rings. The average molecular weight is 453 g/mol. The van der Waals surface area contributed by atoms with Crippen LogP contribution in [0.2, 0.25) is 0 Å². The summed E-state index contributed by atoms with van der Waals surface area (Å²) >= 11 is 1.15. The van der Waals surface area contributed by atoms with Crippen molar-refractivity contribution in [2.24, 2.45) is 0 Å². The summed E-state index contributed by atoms with van der Waals surface area (Å²) < 4.78 is 13.1. The van der Waals surface area contributed by atoms with Crippen molar-refractivity contribution >= 4 is 45.7 Å². The van der Waals surface area contributed by atoms with E-state index in [0.29, 0.717) is 22.8 Å². The minimum atomic E-state index is -0.521. The highest BCUT2D eigenvalue weighted by molar-refractivity contribution is 7.15. The van der Waals surface area contributed by atoms with E-state index < -0.39 is 10.8 Å². The number of aromatic nitrogens is 2. The van der Waals surface area contributed by atoms with Gasteiger partial charge in [0.25, 0.3) is 5.69 Å². The van der Waals surface area contributed by atoms with Crippen molar-refractivity contribution < 1.29 is 18.9 Å². The zero-order chi connectivity index (χ0) is 22.7. The van der Waals surface area contributed by atoms with Crippen LogP contribution in [-0.2, 0) is 9.59 Å². The number of nitrogens with zero attached hydrogens (tertiary/aromatic N) is 4. The van der Waals surface area contributed by atoms with E-state index in [1.54, 1.807) is 29.2 Å². The van der Waals surface area contributed by atoms with Crippen LogP contribution in [-0.4, -0.2) is 33.5 Å². The lowest BCUT2D eigenvalue weighted by Crippen LogP contribution is -2.24. The summed E-state index contributed by atoms with van der Waals surface area (Å²) in [6, 6.07) is 11.8. The van der Waals surface area contributed by atoms with Gasteiger partial charge in [-0.3, -0.25) is 25.0 Å². The van der Waals surface area contributed by atoms with Crippen LogP contribution >= 0.6 is 11.3 Å². The number of hydrogen-bond acceptors (Lipinski definition) is 7. The van der Waals surface area contributed by atoms with E-state index in [4.69, 9.17) is 0 Å². The standard InChI is InChI=1S/C21H16FN5O4S/c22-15-6-8-16(9-7-15)26-12-14(11-19(26)29)20-24-25-21(32-20)23-18(28)10-5-13-3-1-2-4-17(13)27(30)31/h1-10,14H,11-12H2,(H,23,25,28)/b10-5+. The molecular formula is C21H16FN5O4S. The molecule has 2 amide bonds. The fourth-order valence-corrected chi connectivity index (χ4v) is 4.14. The molecule has 2 aromatic carbocycles. The summed E-state index contributed by atoms with van der Waals surface area (Å²) in [5.74, 6) is -1.19. The number of amides is 2. The molecule has 0 saturated carbocycles. The van der Waals surface area contributed by atoms with Crippen LogP contribution in [0.1, 0.15) is 22.9 Å². The molecule has 0 bridgehead atoms. The molecule has 1 aliphatic rings. The lowest BCUT2D eigenvalue weighted by molar-refractivity contribution is -0.385. The molecule has 1 aromatic heterocycles. The lowest BCUT2D eigenvalue weighted by atomic mass is 10.1. The maximum Gasteiger partial charge on any atom is 0.276 e. The first-order valence-electron chi connectivity index (χ1n) is 9.52. The summed E-state index contributed by atoms with van der Waals surface area (Å²) in [5.41, 5.74) is 0.805. The smallest absolute Gasteiger partial charge is 0.276 e. The van der Waals surface area contributed by atoms with Crippen molar-refractivity contribution in [3.05, 3.63) is 81.1 Å². The second-order valence-corrected chi connectivity index (χ2v) is 7.97. The molecule has 4 rings (SSSR count). The van der Waals surface area contributed by atoms with E-state index in [2.05, 4.69) is 15.5 Å². The average Bonchev–Trinajstić information content (AvgIpc) is 3.39. The molecule has 3 aromatic rings. The fraction of sp³-hybridized carbons (Fsp3) is 0.143. The zero-order valence-corrected chi connectivity index (χ0v) is 17.3. The van der Waals surface area contributed by atoms with Gasteiger partial charge in [-0.05, 0) is 36.4 Å². The van der Waals surface area contributed by atoms with Crippen molar-refractivity contribution in [1.82, 2.24) is 10.2 Å². The van der Waals surface area contributed by atoms with Gasteiger partial charge in [0, 0.05) is 36.7 Å². The highest BCUT2D eigenvalue weighted by Gasteiger charge is 2.34. The number of nitro benzene ring substituents is 1. The maximum absolute atomic E-state index is 13.1. The maximum atomic E-state index is 13.1. The molecule has 0 aliphatic carbocycles. The monoisotopic (exact) mass is 453 g/mol. The first-order chi connectivity index (χ1) is 15.4. The van der Waals surface area contributed by atoms with Crippen LogP contribution < -0.4 is 10.2 Å². The molecule has 0 radical (unpaired) electrons. The first kappa shape index (κ1) is 21.2. The molecule has 1 N–H and O–H groups in total. The van der Waals surface area contributed by atoms with Gasteiger partial charge in [0.2, 0.25) is 16.9 Å². The van der Waals surface area contributed by atoms with Crippen LogP contribution in [0.15, 0.2) is 54.6 Å². The Morgan fingerprint density at radius 1 is 1.22 bits per heavy atom. The predicted molar refractivity (Wildman–Crippen MR) is 117 cm³/mol. The van der Waals surface area contributed by atoms with Gasteiger partial charge in [0.15, 0.2) is 0 Å². The van der Waals surface area contributed by atoms with Gasteiger partial charge in [-0.2, -0.15) is 0 Å². The van der Waals surface area contributed by atoms with E-state index in [1.807, 2.05) is 0 Å². The predicted octanol–water partition coefficient (Wildman–Crippen LogP) is 3.76. The normalized spacial score (nSPS) is 16.0. The van der Waals surface area contributed by atoms with Crippen molar-refractivity contribution in [1.29, 1.82) is 0 Å². The van der Waals surface area contributed by atoms with E-state index in [0.717, 1.165) is 11.3 Å². The summed E-state index contributed by atoms with van der Waals surface area (Å²) in [6.07, 6.45) is 2.77. The van der Waals surface area contributed by atoms with Crippen LogP contribution in [0.3, 0.4) is 0 Å². The Bertz CT molecular complexity index is 1210. The van der Waals surface area contributed by atoms with Gasteiger partial charge in [-0.15, -0.1) is 10.2 Å². The lowest BCUT2D eigenvalue weighted by Gasteiger charge is -2.16. The van der Waals surface area contributed by atoms with Gasteiger partial charge >= 0.3 is 0 Å². The first-order valence-corrected chi connectivity index (χ1v) is 10.3. The number of carbonyl (C=O) groups excluding carboxylic acids is 2. The van der Waals surface area contributed by atoms with Crippen molar-refractivity contribution in [3.8, 4) is 0 Å².